The minimum absolute atomic E-state index is 0.511. The van der Waals surface area contributed by atoms with E-state index in [9.17, 15) is 20.4 Å². The Labute approximate surface area is 137 Å². The molecule has 4 aromatic carbocycles. The van der Waals surface area contributed by atoms with E-state index >= 15 is 0 Å². The summed E-state index contributed by atoms with van der Waals surface area (Å²) in [6.07, 6.45) is -5.32. The van der Waals surface area contributed by atoms with Crippen LogP contribution in [-0.4, -0.2) is 32.6 Å². The van der Waals surface area contributed by atoms with Gasteiger partial charge in [-0.05, 0) is 43.4 Å². The summed E-state index contributed by atoms with van der Waals surface area (Å²) >= 11 is 0. The number of rotatable bonds is 0. The van der Waals surface area contributed by atoms with Crippen molar-refractivity contribution in [2.24, 2.45) is 0 Å². The van der Waals surface area contributed by atoms with Gasteiger partial charge in [0, 0.05) is 0 Å². The van der Waals surface area contributed by atoms with Gasteiger partial charge in [-0.15, -0.1) is 0 Å². The highest BCUT2D eigenvalue weighted by Crippen LogP contribution is 2.47. The van der Waals surface area contributed by atoms with Crippen molar-refractivity contribution in [3.05, 3.63) is 59.7 Å². The predicted molar refractivity (Wildman–Crippen MR) is 92.1 cm³/mol. The lowest BCUT2D eigenvalue weighted by atomic mass is 9.76. The standard InChI is InChI=1S/C20H16O4/c21-17-15-11-5-1-3-9-7-8-10-4-2-6-12(14(10)13(9)11)16(15)18(22)20(24)19(17)23/h1-8,17-24H/t17-,18-,19+,20+/m0/s1. The molecule has 0 saturated heterocycles. The third kappa shape index (κ3) is 1.56. The number of aliphatic hydroxyl groups excluding tert-OH is 4. The normalized spacial score (nSPS) is 27.2. The molecule has 4 atom stereocenters. The topological polar surface area (TPSA) is 80.9 Å². The zero-order chi connectivity index (χ0) is 16.6. The van der Waals surface area contributed by atoms with Gasteiger partial charge in [0.15, 0.2) is 0 Å². The van der Waals surface area contributed by atoms with Crippen molar-refractivity contribution in [2.75, 3.05) is 0 Å². The third-order valence-corrected chi connectivity index (χ3v) is 5.34. The van der Waals surface area contributed by atoms with Gasteiger partial charge in [-0.25, -0.2) is 0 Å². The molecule has 1 aliphatic rings. The van der Waals surface area contributed by atoms with Crippen LogP contribution in [0.3, 0.4) is 0 Å². The zero-order valence-electron chi connectivity index (χ0n) is 12.7. The molecule has 0 unspecified atom stereocenters. The molecule has 24 heavy (non-hydrogen) atoms. The highest BCUT2D eigenvalue weighted by atomic mass is 16.4. The molecule has 0 radical (unpaired) electrons. The Balaban J connectivity index is 2.11. The third-order valence-electron chi connectivity index (χ3n) is 5.34. The molecule has 0 heterocycles. The number of aliphatic hydroxyl groups is 4. The fourth-order valence-electron chi connectivity index (χ4n) is 4.25. The van der Waals surface area contributed by atoms with Crippen LogP contribution < -0.4 is 0 Å². The van der Waals surface area contributed by atoms with Crippen LogP contribution in [0.5, 0.6) is 0 Å². The molecular weight excluding hydrogens is 304 g/mol. The van der Waals surface area contributed by atoms with Crippen molar-refractivity contribution >= 4 is 32.3 Å². The molecule has 0 saturated carbocycles. The molecule has 0 fully saturated rings. The minimum Gasteiger partial charge on any atom is -0.387 e. The van der Waals surface area contributed by atoms with Crippen molar-refractivity contribution < 1.29 is 20.4 Å². The molecular formula is C20H16O4. The average molecular weight is 320 g/mol. The summed E-state index contributed by atoms with van der Waals surface area (Å²) in [6.45, 7) is 0. The quantitative estimate of drug-likeness (QED) is 0.375. The molecule has 4 aromatic rings. The Bertz CT molecular complexity index is 1000. The SMILES string of the molecule is O[C@H]1[C@H](O)[C@@H](O)c2c(c3cccc4ccc5cccc2c5c43)[C@@H]1O. The van der Waals surface area contributed by atoms with Crippen LogP contribution in [0.15, 0.2) is 48.5 Å². The van der Waals surface area contributed by atoms with Gasteiger partial charge in [0.2, 0.25) is 0 Å². The van der Waals surface area contributed by atoms with Crippen molar-refractivity contribution in [1.82, 2.24) is 0 Å². The number of fused-ring (bicyclic) bond motifs is 3. The average Bonchev–Trinajstić information content (AvgIpc) is 2.62. The molecule has 4 nitrogen and oxygen atoms in total. The van der Waals surface area contributed by atoms with E-state index in [2.05, 4.69) is 0 Å². The molecule has 1 aliphatic carbocycles. The highest BCUT2D eigenvalue weighted by Gasteiger charge is 2.42. The van der Waals surface area contributed by atoms with Gasteiger partial charge in [0.05, 0.1) is 0 Å². The van der Waals surface area contributed by atoms with E-state index in [0.29, 0.717) is 11.1 Å². The van der Waals surface area contributed by atoms with Crippen molar-refractivity contribution in [1.29, 1.82) is 0 Å². The maximum Gasteiger partial charge on any atom is 0.113 e. The molecule has 0 aromatic heterocycles. The maximum atomic E-state index is 10.6. The van der Waals surface area contributed by atoms with Crippen molar-refractivity contribution in [3.8, 4) is 0 Å². The summed E-state index contributed by atoms with van der Waals surface area (Å²) in [7, 11) is 0. The number of benzene rings is 4. The van der Waals surface area contributed by atoms with Gasteiger partial charge in [0.25, 0.3) is 0 Å². The second-order valence-electron chi connectivity index (χ2n) is 6.57. The zero-order valence-corrected chi connectivity index (χ0v) is 12.7. The maximum absolute atomic E-state index is 10.6. The van der Waals surface area contributed by atoms with E-state index in [-0.39, 0.29) is 0 Å². The Hall–Kier alpha value is -2.24. The molecule has 120 valence electrons. The summed E-state index contributed by atoms with van der Waals surface area (Å²) in [4.78, 5) is 0. The van der Waals surface area contributed by atoms with E-state index in [1.165, 1.54) is 0 Å². The summed E-state index contributed by atoms with van der Waals surface area (Å²) in [5.41, 5.74) is 1.02. The molecule has 0 bridgehead atoms. The molecule has 0 spiro atoms. The fourth-order valence-corrected chi connectivity index (χ4v) is 4.25. The monoisotopic (exact) mass is 320 g/mol. The summed E-state index contributed by atoms with van der Waals surface area (Å²) in [6, 6.07) is 15.7. The van der Waals surface area contributed by atoms with E-state index in [1.54, 1.807) is 0 Å². The molecule has 4 heteroatoms. The Morgan fingerprint density at radius 1 is 0.542 bits per heavy atom. The van der Waals surface area contributed by atoms with E-state index in [0.717, 1.165) is 32.3 Å². The highest BCUT2D eigenvalue weighted by molar-refractivity contribution is 6.25. The van der Waals surface area contributed by atoms with E-state index in [1.807, 2.05) is 48.5 Å². The lowest BCUT2D eigenvalue weighted by Gasteiger charge is -2.36. The smallest absolute Gasteiger partial charge is 0.113 e. The number of hydrogen-bond donors (Lipinski definition) is 4. The van der Waals surface area contributed by atoms with E-state index < -0.39 is 24.4 Å². The lowest BCUT2D eigenvalue weighted by Crippen LogP contribution is -2.41. The van der Waals surface area contributed by atoms with Crippen LogP contribution in [0.2, 0.25) is 0 Å². The molecule has 0 amide bonds. The Kier molecular flexibility index (Phi) is 2.74. The first-order valence-corrected chi connectivity index (χ1v) is 8.01. The Morgan fingerprint density at radius 3 is 1.38 bits per heavy atom. The molecule has 5 rings (SSSR count). The summed E-state index contributed by atoms with van der Waals surface area (Å²) < 4.78 is 0. The van der Waals surface area contributed by atoms with Crippen LogP contribution in [0.4, 0.5) is 0 Å². The van der Waals surface area contributed by atoms with Crippen LogP contribution in [0.25, 0.3) is 32.3 Å². The first-order chi connectivity index (χ1) is 11.6. The van der Waals surface area contributed by atoms with Crippen molar-refractivity contribution in [3.63, 3.8) is 0 Å². The lowest BCUT2D eigenvalue weighted by molar-refractivity contribution is -0.119. The molecule has 0 aliphatic heterocycles. The molecule has 4 N–H and O–H groups in total. The van der Waals surface area contributed by atoms with Gasteiger partial charge in [-0.1, -0.05) is 48.5 Å². The van der Waals surface area contributed by atoms with Crippen LogP contribution in [0.1, 0.15) is 23.3 Å². The van der Waals surface area contributed by atoms with Crippen LogP contribution >= 0.6 is 0 Å². The van der Waals surface area contributed by atoms with Gasteiger partial charge >= 0.3 is 0 Å². The Morgan fingerprint density at radius 2 is 0.958 bits per heavy atom. The first kappa shape index (κ1) is 14.1. The van der Waals surface area contributed by atoms with Gasteiger partial charge in [0.1, 0.15) is 24.4 Å². The number of hydrogen-bond acceptors (Lipinski definition) is 4. The fraction of sp³-hybridized carbons (Fsp3) is 0.200. The second-order valence-corrected chi connectivity index (χ2v) is 6.57. The van der Waals surface area contributed by atoms with Crippen LogP contribution in [0, 0.1) is 0 Å². The first-order valence-electron chi connectivity index (χ1n) is 8.01. The van der Waals surface area contributed by atoms with Gasteiger partial charge in [-0.2, -0.15) is 0 Å². The van der Waals surface area contributed by atoms with Gasteiger partial charge in [-0.3, -0.25) is 0 Å². The summed E-state index contributed by atoms with van der Waals surface area (Å²) in [5, 5.41) is 47.3. The van der Waals surface area contributed by atoms with Crippen molar-refractivity contribution in [2.45, 2.75) is 24.4 Å². The minimum atomic E-state index is -1.42. The van der Waals surface area contributed by atoms with Gasteiger partial charge < -0.3 is 20.4 Å². The largest absolute Gasteiger partial charge is 0.387 e. The predicted octanol–water partition coefficient (Wildman–Crippen LogP) is 2.39. The van der Waals surface area contributed by atoms with Crippen LogP contribution in [-0.2, 0) is 0 Å². The second kappa shape index (κ2) is 4.65. The van der Waals surface area contributed by atoms with E-state index in [4.69, 9.17) is 0 Å². The summed E-state index contributed by atoms with van der Waals surface area (Å²) in [5.74, 6) is 0.